The molecule has 0 spiro atoms. The highest BCUT2D eigenvalue weighted by molar-refractivity contribution is 5.39. The average molecular weight is 285 g/mol. The monoisotopic (exact) mass is 285 g/mol. The summed E-state index contributed by atoms with van der Waals surface area (Å²) in [7, 11) is 1.66. The first kappa shape index (κ1) is 15.4. The van der Waals surface area contributed by atoms with E-state index < -0.39 is 0 Å². The molecule has 2 rings (SSSR count). The second-order valence-electron chi connectivity index (χ2n) is 5.12. The number of hydrogen-bond donors (Lipinski definition) is 1. The van der Waals surface area contributed by atoms with Gasteiger partial charge in [0.05, 0.1) is 13.2 Å². The van der Waals surface area contributed by atoms with E-state index in [0.29, 0.717) is 6.61 Å². The summed E-state index contributed by atoms with van der Waals surface area (Å²) in [5.41, 5.74) is 9.61. The van der Waals surface area contributed by atoms with Crippen LogP contribution < -0.4 is 15.2 Å². The summed E-state index contributed by atoms with van der Waals surface area (Å²) in [6.45, 7) is 4.59. The minimum Gasteiger partial charge on any atom is -0.496 e. The predicted octanol–water partition coefficient (Wildman–Crippen LogP) is 3.64. The molecule has 0 radical (unpaired) electrons. The third-order valence-corrected chi connectivity index (χ3v) is 3.56. The van der Waals surface area contributed by atoms with Crippen LogP contribution >= 0.6 is 0 Å². The Morgan fingerprint density at radius 3 is 2.57 bits per heavy atom. The number of benzene rings is 2. The van der Waals surface area contributed by atoms with E-state index in [-0.39, 0.29) is 6.04 Å². The smallest absolute Gasteiger partial charge is 0.123 e. The molecule has 0 aliphatic heterocycles. The zero-order valence-corrected chi connectivity index (χ0v) is 12.9. The average Bonchev–Trinajstić information content (AvgIpc) is 2.52. The molecule has 3 nitrogen and oxygen atoms in total. The van der Waals surface area contributed by atoms with Crippen LogP contribution in [0.4, 0.5) is 0 Å². The lowest BCUT2D eigenvalue weighted by Gasteiger charge is -2.18. The van der Waals surface area contributed by atoms with Crippen LogP contribution in [0.25, 0.3) is 0 Å². The van der Waals surface area contributed by atoms with Gasteiger partial charge in [-0.1, -0.05) is 42.8 Å². The molecule has 3 heteroatoms. The van der Waals surface area contributed by atoms with Gasteiger partial charge in [0.25, 0.3) is 0 Å². The molecule has 0 saturated carbocycles. The van der Waals surface area contributed by atoms with Crippen LogP contribution in [0, 0.1) is 6.92 Å². The summed E-state index contributed by atoms with van der Waals surface area (Å²) in [5.74, 6) is 1.71. The van der Waals surface area contributed by atoms with Gasteiger partial charge in [0, 0.05) is 5.56 Å². The highest BCUT2D eigenvalue weighted by atomic mass is 16.5. The molecule has 0 bridgehead atoms. The maximum absolute atomic E-state index is 6.27. The van der Waals surface area contributed by atoms with Gasteiger partial charge in [-0.15, -0.1) is 0 Å². The molecule has 0 amide bonds. The first-order valence-electron chi connectivity index (χ1n) is 7.26. The van der Waals surface area contributed by atoms with Crippen molar-refractivity contribution in [1.82, 2.24) is 0 Å². The van der Waals surface area contributed by atoms with Crippen LogP contribution in [0.3, 0.4) is 0 Å². The Bertz CT molecular complexity index is 596. The summed E-state index contributed by atoms with van der Waals surface area (Å²) in [6, 6.07) is 13.9. The predicted molar refractivity (Wildman–Crippen MR) is 86.0 cm³/mol. The second kappa shape index (κ2) is 7.14. The molecule has 2 N–H and O–H groups in total. The summed E-state index contributed by atoms with van der Waals surface area (Å²) in [4.78, 5) is 0. The number of nitrogens with two attached hydrogens (primary N) is 1. The Hall–Kier alpha value is -2.00. The number of para-hydroxylation sites is 1. The van der Waals surface area contributed by atoms with Gasteiger partial charge in [-0.25, -0.2) is 0 Å². The van der Waals surface area contributed by atoms with Gasteiger partial charge in [-0.3, -0.25) is 0 Å². The van der Waals surface area contributed by atoms with E-state index in [1.54, 1.807) is 7.11 Å². The Labute approximate surface area is 126 Å². The minimum absolute atomic E-state index is 0.218. The van der Waals surface area contributed by atoms with Crippen LogP contribution in [0.2, 0.25) is 0 Å². The maximum Gasteiger partial charge on any atom is 0.123 e. The molecule has 0 saturated heterocycles. The fraction of sp³-hybridized carbons (Fsp3) is 0.333. The molecule has 1 atom stereocenters. The van der Waals surface area contributed by atoms with Crippen molar-refractivity contribution in [2.24, 2.45) is 5.73 Å². The molecule has 0 aliphatic rings. The topological polar surface area (TPSA) is 44.5 Å². The van der Waals surface area contributed by atoms with Crippen molar-refractivity contribution in [2.75, 3.05) is 13.7 Å². The largest absolute Gasteiger partial charge is 0.496 e. The zero-order chi connectivity index (χ0) is 15.2. The third-order valence-electron chi connectivity index (χ3n) is 3.56. The van der Waals surface area contributed by atoms with E-state index in [0.717, 1.165) is 29.0 Å². The first-order valence-corrected chi connectivity index (χ1v) is 7.26. The van der Waals surface area contributed by atoms with Gasteiger partial charge in [-0.2, -0.15) is 0 Å². The van der Waals surface area contributed by atoms with Crippen molar-refractivity contribution in [3.05, 3.63) is 59.2 Å². The fourth-order valence-electron chi connectivity index (χ4n) is 2.35. The molecule has 0 aromatic heterocycles. The van der Waals surface area contributed by atoms with Crippen molar-refractivity contribution in [1.29, 1.82) is 0 Å². The molecule has 2 aromatic rings. The molecule has 0 aliphatic carbocycles. The van der Waals surface area contributed by atoms with Gasteiger partial charge in [-0.05, 0) is 31.0 Å². The fourth-order valence-corrected chi connectivity index (χ4v) is 2.35. The number of ether oxygens (including phenoxy) is 2. The summed E-state index contributed by atoms with van der Waals surface area (Å²) >= 11 is 0. The number of methoxy groups -OCH3 is 1. The molecule has 2 aromatic carbocycles. The lowest BCUT2D eigenvalue weighted by atomic mass is 10.0. The van der Waals surface area contributed by atoms with Gasteiger partial charge < -0.3 is 15.2 Å². The normalized spacial score (nSPS) is 12.0. The molecular weight excluding hydrogens is 262 g/mol. The molecule has 0 fully saturated rings. The van der Waals surface area contributed by atoms with Crippen molar-refractivity contribution in [3.8, 4) is 11.5 Å². The minimum atomic E-state index is -0.218. The van der Waals surface area contributed by atoms with Crippen molar-refractivity contribution in [2.45, 2.75) is 26.3 Å². The van der Waals surface area contributed by atoms with Crippen LogP contribution in [-0.4, -0.2) is 13.7 Å². The Morgan fingerprint density at radius 1 is 1.10 bits per heavy atom. The number of hydrogen-bond acceptors (Lipinski definition) is 3. The van der Waals surface area contributed by atoms with Crippen molar-refractivity contribution in [3.63, 3.8) is 0 Å². The summed E-state index contributed by atoms with van der Waals surface area (Å²) < 4.78 is 11.3. The lowest BCUT2D eigenvalue weighted by molar-refractivity contribution is 0.284. The quantitative estimate of drug-likeness (QED) is 0.881. The van der Waals surface area contributed by atoms with Crippen molar-refractivity contribution >= 4 is 0 Å². The summed E-state index contributed by atoms with van der Waals surface area (Å²) in [6.07, 6.45) is 0.944. The second-order valence-corrected chi connectivity index (χ2v) is 5.12. The summed E-state index contributed by atoms with van der Waals surface area (Å²) in [5, 5.41) is 0. The van der Waals surface area contributed by atoms with Gasteiger partial charge in [0.15, 0.2) is 0 Å². The molecular formula is C18H23NO2. The van der Waals surface area contributed by atoms with Gasteiger partial charge in [0.2, 0.25) is 0 Å². The Morgan fingerprint density at radius 2 is 1.86 bits per heavy atom. The number of aryl methyl sites for hydroxylation is 2. The van der Waals surface area contributed by atoms with Crippen LogP contribution in [-0.2, 0) is 6.42 Å². The molecule has 112 valence electrons. The highest BCUT2D eigenvalue weighted by Crippen LogP contribution is 2.26. The van der Waals surface area contributed by atoms with E-state index in [4.69, 9.17) is 15.2 Å². The van der Waals surface area contributed by atoms with Gasteiger partial charge >= 0.3 is 0 Å². The Kier molecular flexibility index (Phi) is 5.23. The van der Waals surface area contributed by atoms with Crippen LogP contribution in [0.1, 0.15) is 29.7 Å². The maximum atomic E-state index is 6.27. The zero-order valence-electron chi connectivity index (χ0n) is 12.9. The van der Waals surface area contributed by atoms with Crippen LogP contribution in [0.5, 0.6) is 11.5 Å². The SMILES string of the molecule is CCc1ccccc1OCC(N)c1cc(C)ccc1OC. The first-order chi connectivity index (χ1) is 10.2. The molecule has 1 unspecified atom stereocenters. The van der Waals surface area contributed by atoms with E-state index in [9.17, 15) is 0 Å². The van der Waals surface area contributed by atoms with E-state index >= 15 is 0 Å². The van der Waals surface area contributed by atoms with Crippen LogP contribution in [0.15, 0.2) is 42.5 Å². The third kappa shape index (κ3) is 3.76. The molecule has 21 heavy (non-hydrogen) atoms. The van der Waals surface area contributed by atoms with E-state index in [2.05, 4.69) is 19.1 Å². The van der Waals surface area contributed by atoms with Gasteiger partial charge in [0.1, 0.15) is 18.1 Å². The van der Waals surface area contributed by atoms with Crippen molar-refractivity contribution < 1.29 is 9.47 Å². The molecule has 0 heterocycles. The Balaban J connectivity index is 2.11. The lowest BCUT2D eigenvalue weighted by Crippen LogP contribution is -2.20. The standard InChI is InChI=1S/C18H23NO2/c1-4-14-7-5-6-8-17(14)21-12-16(19)15-11-13(2)9-10-18(15)20-3/h5-11,16H,4,12,19H2,1-3H3. The van der Waals surface area contributed by atoms with E-state index in [1.807, 2.05) is 37.3 Å². The highest BCUT2D eigenvalue weighted by Gasteiger charge is 2.13. The number of rotatable bonds is 6. The van der Waals surface area contributed by atoms with E-state index in [1.165, 1.54) is 5.56 Å².